The van der Waals surface area contributed by atoms with Crippen LogP contribution < -0.4 is 10.2 Å². The van der Waals surface area contributed by atoms with Crippen molar-refractivity contribution < 1.29 is 5.11 Å². The third-order valence-corrected chi connectivity index (χ3v) is 3.54. The highest BCUT2D eigenvalue weighted by atomic mass is 16.3. The van der Waals surface area contributed by atoms with Crippen LogP contribution in [0, 0.1) is 0 Å². The predicted octanol–water partition coefficient (Wildman–Crippen LogP) is 1.65. The van der Waals surface area contributed by atoms with E-state index in [0.717, 1.165) is 37.4 Å². The molecule has 1 aromatic heterocycles. The molecule has 1 saturated heterocycles. The summed E-state index contributed by atoms with van der Waals surface area (Å²) in [6.45, 7) is 5.43. The van der Waals surface area contributed by atoms with E-state index in [1.807, 2.05) is 6.07 Å². The summed E-state index contributed by atoms with van der Waals surface area (Å²) in [7, 11) is 0. The van der Waals surface area contributed by atoms with Crippen molar-refractivity contribution in [3.05, 3.63) is 12.4 Å². The van der Waals surface area contributed by atoms with Crippen LogP contribution in [0.5, 0.6) is 0 Å². The molecule has 2 unspecified atom stereocenters. The van der Waals surface area contributed by atoms with Crippen molar-refractivity contribution in [3.63, 3.8) is 0 Å². The molecule has 0 bridgehead atoms. The lowest BCUT2D eigenvalue weighted by atomic mass is 10.2. The van der Waals surface area contributed by atoms with E-state index in [4.69, 9.17) is 0 Å². The summed E-state index contributed by atoms with van der Waals surface area (Å²) >= 11 is 0. The average molecular weight is 250 g/mol. The lowest BCUT2D eigenvalue weighted by Gasteiger charge is -2.24. The molecule has 1 aliphatic rings. The van der Waals surface area contributed by atoms with Crippen LogP contribution >= 0.6 is 0 Å². The van der Waals surface area contributed by atoms with Crippen LogP contribution in [-0.2, 0) is 0 Å². The zero-order valence-electron chi connectivity index (χ0n) is 11.1. The van der Waals surface area contributed by atoms with E-state index in [0.29, 0.717) is 6.04 Å². The molecule has 2 atom stereocenters. The van der Waals surface area contributed by atoms with E-state index in [-0.39, 0.29) is 12.6 Å². The Labute approximate surface area is 108 Å². The van der Waals surface area contributed by atoms with Crippen molar-refractivity contribution in [2.75, 3.05) is 23.4 Å². The first-order chi connectivity index (χ1) is 8.74. The molecule has 1 fully saturated rings. The van der Waals surface area contributed by atoms with Gasteiger partial charge in [-0.15, -0.1) is 0 Å². The van der Waals surface area contributed by atoms with Crippen LogP contribution in [0.1, 0.15) is 33.1 Å². The zero-order valence-corrected chi connectivity index (χ0v) is 11.1. The van der Waals surface area contributed by atoms with E-state index in [9.17, 15) is 5.11 Å². The first-order valence-electron chi connectivity index (χ1n) is 6.70. The molecule has 0 saturated carbocycles. The molecule has 5 nitrogen and oxygen atoms in total. The maximum absolute atomic E-state index is 9.35. The fourth-order valence-electron chi connectivity index (χ4n) is 2.26. The molecule has 100 valence electrons. The first-order valence-corrected chi connectivity index (χ1v) is 6.70. The number of aliphatic hydroxyl groups excluding tert-OH is 1. The van der Waals surface area contributed by atoms with E-state index >= 15 is 0 Å². The van der Waals surface area contributed by atoms with E-state index in [2.05, 4.69) is 34.0 Å². The van der Waals surface area contributed by atoms with Gasteiger partial charge in [-0.25, -0.2) is 9.97 Å². The summed E-state index contributed by atoms with van der Waals surface area (Å²) in [5.74, 6) is 1.77. The van der Waals surface area contributed by atoms with E-state index in [1.165, 1.54) is 0 Å². The molecule has 0 aromatic carbocycles. The molecule has 0 aliphatic carbocycles. The van der Waals surface area contributed by atoms with Gasteiger partial charge < -0.3 is 15.3 Å². The minimum atomic E-state index is 0.193. The Balaban J connectivity index is 2.11. The predicted molar refractivity (Wildman–Crippen MR) is 72.9 cm³/mol. The van der Waals surface area contributed by atoms with Gasteiger partial charge in [-0.1, -0.05) is 6.92 Å². The van der Waals surface area contributed by atoms with Gasteiger partial charge in [0.05, 0.1) is 12.6 Å². The van der Waals surface area contributed by atoms with Crippen LogP contribution in [0.25, 0.3) is 0 Å². The van der Waals surface area contributed by atoms with Crippen LogP contribution in [0.2, 0.25) is 0 Å². The van der Waals surface area contributed by atoms with Gasteiger partial charge >= 0.3 is 0 Å². The summed E-state index contributed by atoms with van der Waals surface area (Å²) in [5, 5.41) is 12.7. The molecule has 18 heavy (non-hydrogen) atoms. The quantitative estimate of drug-likeness (QED) is 0.832. The largest absolute Gasteiger partial charge is 0.394 e. The van der Waals surface area contributed by atoms with Crippen molar-refractivity contribution in [3.8, 4) is 0 Å². The van der Waals surface area contributed by atoms with E-state index in [1.54, 1.807) is 6.33 Å². The van der Waals surface area contributed by atoms with Crippen molar-refractivity contribution in [1.82, 2.24) is 9.97 Å². The second-order valence-corrected chi connectivity index (χ2v) is 4.89. The number of aromatic nitrogens is 2. The number of nitrogens with zero attached hydrogens (tertiary/aromatic N) is 3. The van der Waals surface area contributed by atoms with Crippen LogP contribution in [0.4, 0.5) is 11.6 Å². The maximum Gasteiger partial charge on any atom is 0.134 e. The van der Waals surface area contributed by atoms with Gasteiger partial charge in [0.25, 0.3) is 0 Å². The molecule has 1 aromatic rings. The molecular formula is C13H22N4O. The van der Waals surface area contributed by atoms with Crippen LogP contribution in [0.3, 0.4) is 0 Å². The summed E-state index contributed by atoms with van der Waals surface area (Å²) in [6.07, 6.45) is 4.80. The van der Waals surface area contributed by atoms with Crippen molar-refractivity contribution in [2.45, 2.75) is 45.2 Å². The van der Waals surface area contributed by atoms with Crippen LogP contribution in [-0.4, -0.2) is 40.3 Å². The average Bonchev–Trinajstić information content (AvgIpc) is 2.87. The number of nitrogens with one attached hydrogen (secondary N) is 1. The normalized spacial score (nSPS) is 21.1. The Morgan fingerprint density at radius 2 is 2.39 bits per heavy atom. The Morgan fingerprint density at radius 1 is 1.56 bits per heavy atom. The third kappa shape index (κ3) is 2.90. The van der Waals surface area contributed by atoms with Crippen LogP contribution in [0.15, 0.2) is 12.4 Å². The number of hydrogen-bond acceptors (Lipinski definition) is 5. The monoisotopic (exact) mass is 250 g/mol. The van der Waals surface area contributed by atoms with Gasteiger partial charge in [-0.05, 0) is 26.2 Å². The van der Waals surface area contributed by atoms with Crippen molar-refractivity contribution in [1.29, 1.82) is 0 Å². The lowest BCUT2D eigenvalue weighted by Crippen LogP contribution is -2.32. The Kier molecular flexibility index (Phi) is 4.36. The highest BCUT2D eigenvalue weighted by Gasteiger charge is 2.25. The van der Waals surface area contributed by atoms with Gasteiger partial charge in [-0.2, -0.15) is 0 Å². The number of aliphatic hydroxyl groups is 1. The lowest BCUT2D eigenvalue weighted by molar-refractivity contribution is 0.266. The standard InChI is InChI=1S/C13H22N4O/c1-3-10(2)16-12-7-13(15-9-14-12)17-6-4-5-11(17)8-18/h7,9-11,18H,3-6,8H2,1-2H3,(H,14,15,16). The fourth-order valence-corrected chi connectivity index (χ4v) is 2.26. The van der Waals surface area contributed by atoms with Crippen molar-refractivity contribution in [2.24, 2.45) is 0 Å². The zero-order chi connectivity index (χ0) is 13.0. The third-order valence-electron chi connectivity index (χ3n) is 3.54. The number of rotatable bonds is 5. The Hall–Kier alpha value is -1.36. The molecule has 1 aliphatic heterocycles. The fraction of sp³-hybridized carbons (Fsp3) is 0.692. The van der Waals surface area contributed by atoms with Crippen molar-refractivity contribution >= 4 is 11.6 Å². The van der Waals surface area contributed by atoms with E-state index < -0.39 is 0 Å². The Morgan fingerprint density at radius 3 is 3.11 bits per heavy atom. The molecule has 0 radical (unpaired) electrons. The van der Waals surface area contributed by atoms with Gasteiger partial charge in [-0.3, -0.25) is 0 Å². The summed E-state index contributed by atoms with van der Waals surface area (Å²) in [4.78, 5) is 10.7. The molecule has 2 rings (SSSR count). The minimum absolute atomic E-state index is 0.193. The summed E-state index contributed by atoms with van der Waals surface area (Å²) < 4.78 is 0. The maximum atomic E-state index is 9.35. The molecular weight excluding hydrogens is 228 g/mol. The molecule has 0 amide bonds. The first kappa shape index (κ1) is 13.1. The SMILES string of the molecule is CCC(C)Nc1cc(N2CCCC2CO)ncn1. The molecule has 2 heterocycles. The number of anilines is 2. The highest BCUT2D eigenvalue weighted by Crippen LogP contribution is 2.24. The molecule has 2 N–H and O–H groups in total. The Bertz CT molecular complexity index is 385. The van der Waals surface area contributed by atoms with Gasteiger partial charge in [0.1, 0.15) is 18.0 Å². The summed E-state index contributed by atoms with van der Waals surface area (Å²) in [5.41, 5.74) is 0. The van der Waals surface area contributed by atoms with Gasteiger partial charge in [0, 0.05) is 18.7 Å². The topological polar surface area (TPSA) is 61.3 Å². The molecule has 0 spiro atoms. The number of hydrogen-bond donors (Lipinski definition) is 2. The second-order valence-electron chi connectivity index (χ2n) is 4.89. The van der Waals surface area contributed by atoms with Gasteiger partial charge in [0.15, 0.2) is 0 Å². The highest BCUT2D eigenvalue weighted by molar-refractivity contribution is 5.50. The molecule has 5 heteroatoms. The van der Waals surface area contributed by atoms with Gasteiger partial charge in [0.2, 0.25) is 0 Å². The minimum Gasteiger partial charge on any atom is -0.394 e. The summed E-state index contributed by atoms with van der Waals surface area (Å²) in [6, 6.07) is 2.58. The smallest absolute Gasteiger partial charge is 0.134 e. The second kappa shape index (κ2) is 6.00.